The number of rotatable bonds is 7. The van der Waals surface area contributed by atoms with Crippen molar-refractivity contribution in [3.8, 4) is 11.3 Å². The van der Waals surface area contributed by atoms with Gasteiger partial charge in [-0.2, -0.15) is 0 Å². The van der Waals surface area contributed by atoms with E-state index in [0.717, 1.165) is 36.9 Å². The maximum atomic E-state index is 9.61. The van der Waals surface area contributed by atoms with Gasteiger partial charge in [0.15, 0.2) is 5.82 Å². The molecule has 0 aromatic carbocycles. The third-order valence-corrected chi connectivity index (χ3v) is 4.43. The number of nitrogens with zero attached hydrogens (tertiary/aromatic N) is 3. The van der Waals surface area contributed by atoms with Crippen LogP contribution in [0, 0.1) is 6.92 Å². The fourth-order valence-electron chi connectivity index (χ4n) is 3.05. The molecule has 0 unspecified atom stereocenters. The molecule has 0 radical (unpaired) electrons. The van der Waals surface area contributed by atoms with Gasteiger partial charge in [0.05, 0.1) is 17.4 Å². The van der Waals surface area contributed by atoms with Gasteiger partial charge in [-0.05, 0) is 45.1 Å². The maximum Gasteiger partial charge on any atom is 0.223 e. The maximum absolute atomic E-state index is 9.61. The third-order valence-electron chi connectivity index (χ3n) is 4.43. The van der Waals surface area contributed by atoms with Crippen molar-refractivity contribution in [1.29, 1.82) is 0 Å². The fraction of sp³-hybridized carbons (Fsp3) is 0.588. The summed E-state index contributed by atoms with van der Waals surface area (Å²) in [4.78, 5) is 8.91. The number of aliphatic hydroxyl groups is 2. The average Bonchev–Trinajstić information content (AvgIpc) is 2.98. The Balaban J connectivity index is 1.74. The van der Waals surface area contributed by atoms with Crippen molar-refractivity contribution in [3.05, 3.63) is 18.0 Å². The molecule has 136 valence electrons. The minimum atomic E-state index is -0.183. The predicted octanol–water partition coefficient (Wildman–Crippen LogP) is 1.95. The Bertz CT molecular complexity index is 683. The molecule has 1 saturated carbocycles. The van der Waals surface area contributed by atoms with Crippen LogP contribution >= 0.6 is 0 Å². The Morgan fingerprint density at radius 1 is 1.28 bits per heavy atom. The van der Waals surface area contributed by atoms with Gasteiger partial charge in [-0.1, -0.05) is 5.16 Å². The molecule has 4 N–H and O–H groups in total. The van der Waals surface area contributed by atoms with Gasteiger partial charge in [-0.15, -0.1) is 0 Å². The molecule has 8 heteroatoms. The van der Waals surface area contributed by atoms with Gasteiger partial charge in [0.25, 0.3) is 0 Å². The molecule has 0 atom stereocenters. The predicted molar refractivity (Wildman–Crippen MR) is 94.3 cm³/mol. The lowest BCUT2D eigenvalue weighted by Gasteiger charge is -2.26. The van der Waals surface area contributed by atoms with E-state index in [1.165, 1.54) is 0 Å². The molecule has 2 aromatic rings. The third kappa shape index (κ3) is 4.46. The van der Waals surface area contributed by atoms with Crippen LogP contribution in [-0.2, 0) is 0 Å². The number of hydrogen-bond acceptors (Lipinski definition) is 8. The van der Waals surface area contributed by atoms with Crippen LogP contribution in [0.1, 0.15) is 37.9 Å². The van der Waals surface area contributed by atoms with Gasteiger partial charge in [-0.25, -0.2) is 9.97 Å². The summed E-state index contributed by atoms with van der Waals surface area (Å²) in [6, 6.07) is 2.11. The first-order chi connectivity index (χ1) is 12.2. The van der Waals surface area contributed by atoms with E-state index in [9.17, 15) is 5.11 Å². The summed E-state index contributed by atoms with van der Waals surface area (Å²) in [5.41, 5.74) is 1.54. The Morgan fingerprint density at radius 2 is 2.08 bits per heavy atom. The molecular weight excluding hydrogens is 322 g/mol. The number of anilines is 2. The van der Waals surface area contributed by atoms with E-state index in [1.54, 1.807) is 6.20 Å². The second-order valence-electron chi connectivity index (χ2n) is 6.38. The fourth-order valence-corrected chi connectivity index (χ4v) is 3.05. The second kappa shape index (κ2) is 8.26. The molecule has 2 heterocycles. The van der Waals surface area contributed by atoms with Crippen LogP contribution in [0.4, 0.5) is 11.8 Å². The van der Waals surface area contributed by atoms with E-state index >= 15 is 0 Å². The minimum Gasteiger partial charge on any atom is -0.396 e. The van der Waals surface area contributed by atoms with E-state index in [2.05, 4.69) is 25.8 Å². The van der Waals surface area contributed by atoms with Crippen molar-refractivity contribution >= 4 is 11.8 Å². The first kappa shape index (κ1) is 17.6. The van der Waals surface area contributed by atoms with Crippen molar-refractivity contribution in [2.75, 3.05) is 23.8 Å². The quantitative estimate of drug-likeness (QED) is 0.562. The number of aliphatic hydroxyl groups excluding tert-OH is 2. The molecule has 1 aliphatic carbocycles. The first-order valence-corrected chi connectivity index (χ1v) is 8.76. The van der Waals surface area contributed by atoms with Crippen molar-refractivity contribution in [1.82, 2.24) is 15.1 Å². The monoisotopic (exact) mass is 347 g/mol. The summed E-state index contributed by atoms with van der Waals surface area (Å²) in [6.45, 7) is 2.57. The summed E-state index contributed by atoms with van der Waals surface area (Å²) in [5, 5.41) is 29.1. The first-order valence-electron chi connectivity index (χ1n) is 8.76. The van der Waals surface area contributed by atoms with Crippen LogP contribution in [0.5, 0.6) is 0 Å². The molecule has 0 bridgehead atoms. The SMILES string of the molecule is Cc1onc(NCCCO)c1-c1ccnc(NC2CCC(O)CC2)n1. The van der Waals surface area contributed by atoms with Crippen LogP contribution in [0.2, 0.25) is 0 Å². The highest BCUT2D eigenvalue weighted by atomic mass is 16.5. The van der Waals surface area contributed by atoms with Crippen molar-refractivity contribution in [2.45, 2.75) is 51.2 Å². The highest BCUT2D eigenvalue weighted by molar-refractivity contribution is 5.74. The molecule has 1 aliphatic rings. The lowest BCUT2D eigenvalue weighted by Crippen LogP contribution is -2.28. The van der Waals surface area contributed by atoms with Gasteiger partial charge in [0.2, 0.25) is 5.95 Å². The van der Waals surface area contributed by atoms with E-state index in [1.807, 2.05) is 13.0 Å². The molecule has 2 aromatic heterocycles. The number of hydrogen-bond donors (Lipinski definition) is 4. The molecule has 8 nitrogen and oxygen atoms in total. The van der Waals surface area contributed by atoms with E-state index in [0.29, 0.717) is 30.5 Å². The van der Waals surface area contributed by atoms with Crippen LogP contribution in [0.15, 0.2) is 16.8 Å². The Morgan fingerprint density at radius 3 is 2.84 bits per heavy atom. The highest BCUT2D eigenvalue weighted by Gasteiger charge is 2.21. The zero-order chi connectivity index (χ0) is 17.6. The smallest absolute Gasteiger partial charge is 0.223 e. The van der Waals surface area contributed by atoms with Gasteiger partial charge in [0.1, 0.15) is 5.76 Å². The van der Waals surface area contributed by atoms with Crippen LogP contribution in [0.3, 0.4) is 0 Å². The Kier molecular flexibility index (Phi) is 5.83. The number of aromatic nitrogens is 3. The van der Waals surface area contributed by atoms with E-state index in [-0.39, 0.29) is 18.8 Å². The molecule has 0 spiro atoms. The number of nitrogens with one attached hydrogen (secondary N) is 2. The van der Waals surface area contributed by atoms with Crippen LogP contribution < -0.4 is 10.6 Å². The lowest BCUT2D eigenvalue weighted by molar-refractivity contribution is 0.126. The normalized spacial score (nSPS) is 20.4. The summed E-state index contributed by atoms with van der Waals surface area (Å²) < 4.78 is 5.30. The zero-order valence-electron chi connectivity index (χ0n) is 14.4. The van der Waals surface area contributed by atoms with Crippen molar-refractivity contribution < 1.29 is 14.7 Å². The summed E-state index contributed by atoms with van der Waals surface area (Å²) in [5.74, 6) is 1.87. The molecule has 0 saturated heterocycles. The van der Waals surface area contributed by atoms with E-state index < -0.39 is 0 Å². The summed E-state index contributed by atoms with van der Waals surface area (Å²) >= 11 is 0. The topological polar surface area (TPSA) is 116 Å². The van der Waals surface area contributed by atoms with Crippen LogP contribution in [-0.4, -0.2) is 50.6 Å². The van der Waals surface area contributed by atoms with Gasteiger partial charge in [-0.3, -0.25) is 0 Å². The largest absolute Gasteiger partial charge is 0.396 e. The Labute approximate surface area is 146 Å². The standard InChI is InChI=1S/C17H25N5O3/c1-11-15(16(22-25-11)18-8-2-10-23)14-7-9-19-17(21-14)20-12-3-5-13(24)6-4-12/h7,9,12-13,23-24H,2-6,8,10H2,1H3,(H,18,22)(H,19,20,21). The minimum absolute atomic E-state index is 0.122. The molecule has 0 amide bonds. The summed E-state index contributed by atoms with van der Waals surface area (Å²) in [7, 11) is 0. The highest BCUT2D eigenvalue weighted by Crippen LogP contribution is 2.30. The average molecular weight is 347 g/mol. The van der Waals surface area contributed by atoms with Crippen molar-refractivity contribution in [2.24, 2.45) is 0 Å². The Hall–Kier alpha value is -2.19. The van der Waals surface area contributed by atoms with Crippen molar-refractivity contribution in [3.63, 3.8) is 0 Å². The van der Waals surface area contributed by atoms with Crippen LogP contribution in [0.25, 0.3) is 11.3 Å². The summed E-state index contributed by atoms with van der Waals surface area (Å²) in [6.07, 6.45) is 5.60. The second-order valence-corrected chi connectivity index (χ2v) is 6.38. The molecule has 1 fully saturated rings. The molecule has 25 heavy (non-hydrogen) atoms. The zero-order valence-corrected chi connectivity index (χ0v) is 14.4. The van der Waals surface area contributed by atoms with Gasteiger partial charge >= 0.3 is 0 Å². The number of aryl methyl sites for hydroxylation is 1. The van der Waals surface area contributed by atoms with Gasteiger partial charge in [0, 0.05) is 25.4 Å². The molecule has 0 aliphatic heterocycles. The lowest BCUT2D eigenvalue weighted by atomic mass is 9.93. The molecule has 3 rings (SSSR count). The van der Waals surface area contributed by atoms with E-state index in [4.69, 9.17) is 9.63 Å². The molecular formula is C17H25N5O3. The van der Waals surface area contributed by atoms with Gasteiger partial charge < -0.3 is 25.4 Å².